The molecule has 110 valence electrons. The second-order valence-corrected chi connectivity index (χ2v) is 4.49. The van der Waals surface area contributed by atoms with Crippen molar-refractivity contribution in [2.24, 2.45) is 15.8 Å². The van der Waals surface area contributed by atoms with Crippen molar-refractivity contribution >= 4 is 35.7 Å². The normalized spacial score (nSPS) is 11.7. The van der Waals surface area contributed by atoms with Crippen LogP contribution in [0.25, 0.3) is 0 Å². The van der Waals surface area contributed by atoms with E-state index in [1.807, 2.05) is 54.6 Å². The fourth-order valence-corrected chi connectivity index (χ4v) is 1.79. The molecule has 21 heavy (non-hydrogen) atoms. The lowest BCUT2D eigenvalue weighted by atomic mass is 10.0. The number of halogens is 2. The second kappa shape index (κ2) is 8.29. The maximum Gasteiger partial charge on any atom is 0.209 e. The number of nitrogens with one attached hydrogen (secondary N) is 1. The number of guanidine groups is 1. The van der Waals surface area contributed by atoms with Crippen molar-refractivity contribution in [1.29, 1.82) is 0 Å². The van der Waals surface area contributed by atoms with Crippen LogP contribution in [0.15, 0.2) is 64.7 Å². The second-order valence-electron chi connectivity index (χ2n) is 4.05. The maximum atomic E-state index is 5.92. The highest BCUT2D eigenvalue weighted by Gasteiger charge is 2.07. The minimum Gasteiger partial charge on any atom is -0.369 e. The Balaban J connectivity index is 0.00000220. The van der Waals surface area contributed by atoms with Crippen molar-refractivity contribution in [3.63, 3.8) is 0 Å². The van der Waals surface area contributed by atoms with Gasteiger partial charge in [0, 0.05) is 23.2 Å². The van der Waals surface area contributed by atoms with Gasteiger partial charge in [-0.3, -0.25) is 4.99 Å². The van der Waals surface area contributed by atoms with Crippen molar-refractivity contribution in [3.05, 3.63) is 70.7 Å². The summed E-state index contributed by atoms with van der Waals surface area (Å²) >= 11 is 5.92. The summed E-state index contributed by atoms with van der Waals surface area (Å²) < 4.78 is 0. The maximum absolute atomic E-state index is 5.92. The molecule has 3 N–H and O–H groups in total. The van der Waals surface area contributed by atoms with Crippen molar-refractivity contribution in [2.45, 2.75) is 0 Å². The van der Waals surface area contributed by atoms with Gasteiger partial charge in [0.1, 0.15) is 0 Å². The summed E-state index contributed by atoms with van der Waals surface area (Å²) in [4.78, 5) is 3.82. The molecule has 0 unspecified atom stereocenters. The van der Waals surface area contributed by atoms with Crippen molar-refractivity contribution in [2.75, 3.05) is 7.05 Å². The first-order valence-corrected chi connectivity index (χ1v) is 6.46. The fraction of sp³-hybridized carbons (Fsp3) is 0.0667. The Labute approximate surface area is 135 Å². The van der Waals surface area contributed by atoms with Crippen LogP contribution in [0.4, 0.5) is 0 Å². The first-order valence-electron chi connectivity index (χ1n) is 6.08. The van der Waals surface area contributed by atoms with E-state index < -0.39 is 0 Å². The lowest BCUT2D eigenvalue weighted by molar-refractivity contribution is 0.999. The number of nitrogens with zero attached hydrogens (tertiary/aromatic N) is 2. The van der Waals surface area contributed by atoms with Gasteiger partial charge in [-0.15, -0.1) is 12.4 Å². The molecule has 0 atom stereocenters. The number of hydrogen-bond acceptors (Lipinski definition) is 2. The highest BCUT2D eigenvalue weighted by atomic mass is 35.5. The van der Waals surface area contributed by atoms with E-state index in [1.165, 1.54) is 0 Å². The summed E-state index contributed by atoms with van der Waals surface area (Å²) in [6.07, 6.45) is 0. The molecule has 0 aliphatic carbocycles. The summed E-state index contributed by atoms with van der Waals surface area (Å²) in [5.41, 5.74) is 11.0. The van der Waals surface area contributed by atoms with Gasteiger partial charge >= 0.3 is 0 Å². The fourth-order valence-electron chi connectivity index (χ4n) is 1.66. The first kappa shape index (κ1) is 17.0. The lowest BCUT2D eigenvalue weighted by Gasteiger charge is -2.08. The van der Waals surface area contributed by atoms with Crippen LogP contribution in [0.5, 0.6) is 0 Å². The third-order valence-electron chi connectivity index (χ3n) is 2.69. The molecule has 2 aromatic rings. The minimum atomic E-state index is 0. The van der Waals surface area contributed by atoms with E-state index in [2.05, 4.69) is 15.5 Å². The van der Waals surface area contributed by atoms with E-state index in [0.29, 0.717) is 5.02 Å². The van der Waals surface area contributed by atoms with E-state index in [0.717, 1.165) is 16.8 Å². The zero-order valence-corrected chi connectivity index (χ0v) is 13.0. The van der Waals surface area contributed by atoms with Crippen molar-refractivity contribution < 1.29 is 0 Å². The van der Waals surface area contributed by atoms with Gasteiger partial charge in [0.2, 0.25) is 5.96 Å². The predicted octanol–water partition coefficient (Wildman–Crippen LogP) is 3.05. The number of hydrogen-bond donors (Lipinski definition) is 2. The number of hydrazone groups is 1. The van der Waals surface area contributed by atoms with Crippen LogP contribution in [0.2, 0.25) is 5.02 Å². The number of rotatable bonds is 3. The van der Waals surface area contributed by atoms with Gasteiger partial charge in [-0.25, -0.2) is 5.43 Å². The van der Waals surface area contributed by atoms with E-state index in [9.17, 15) is 0 Å². The largest absolute Gasteiger partial charge is 0.369 e. The molecule has 6 heteroatoms. The smallest absolute Gasteiger partial charge is 0.209 e. The summed E-state index contributed by atoms with van der Waals surface area (Å²) in [5.74, 6) is 0.257. The van der Waals surface area contributed by atoms with Gasteiger partial charge < -0.3 is 5.73 Å². The van der Waals surface area contributed by atoms with E-state index in [4.69, 9.17) is 17.3 Å². The molecule has 2 rings (SSSR count). The number of nitrogens with two attached hydrogens (primary N) is 1. The average molecular weight is 323 g/mol. The van der Waals surface area contributed by atoms with Crippen molar-refractivity contribution in [1.82, 2.24) is 5.43 Å². The molecule has 2 aromatic carbocycles. The zero-order valence-electron chi connectivity index (χ0n) is 11.5. The third kappa shape index (κ3) is 4.77. The molecular weight excluding hydrogens is 307 g/mol. The highest BCUT2D eigenvalue weighted by Crippen LogP contribution is 2.14. The molecule has 0 fully saturated rings. The summed E-state index contributed by atoms with van der Waals surface area (Å²) in [5, 5.41) is 5.02. The Hall–Kier alpha value is -2.04. The highest BCUT2D eigenvalue weighted by molar-refractivity contribution is 6.30. The number of aliphatic imine (C=N–C) groups is 1. The van der Waals surface area contributed by atoms with Crippen LogP contribution in [-0.4, -0.2) is 18.7 Å². The molecule has 0 heterocycles. The Morgan fingerprint density at radius 3 is 2.14 bits per heavy atom. The average Bonchev–Trinajstić information content (AvgIpc) is 2.50. The van der Waals surface area contributed by atoms with E-state index in [1.54, 1.807) is 7.05 Å². The van der Waals surface area contributed by atoms with Gasteiger partial charge in [0.15, 0.2) is 0 Å². The van der Waals surface area contributed by atoms with Gasteiger partial charge in [0.25, 0.3) is 0 Å². The third-order valence-corrected chi connectivity index (χ3v) is 2.94. The molecule has 0 saturated heterocycles. The molecule has 4 nitrogen and oxygen atoms in total. The van der Waals surface area contributed by atoms with E-state index in [-0.39, 0.29) is 18.4 Å². The van der Waals surface area contributed by atoms with Crippen LogP contribution in [0, 0.1) is 0 Å². The quantitative estimate of drug-likeness (QED) is 0.518. The zero-order chi connectivity index (χ0) is 14.4. The van der Waals surface area contributed by atoms with Gasteiger partial charge in [0.05, 0.1) is 5.71 Å². The van der Waals surface area contributed by atoms with Crippen LogP contribution in [0.1, 0.15) is 11.1 Å². The Morgan fingerprint density at radius 2 is 1.57 bits per heavy atom. The Kier molecular flexibility index (Phi) is 6.72. The van der Waals surface area contributed by atoms with Crippen LogP contribution < -0.4 is 11.2 Å². The van der Waals surface area contributed by atoms with Gasteiger partial charge in [-0.05, 0) is 12.1 Å². The van der Waals surface area contributed by atoms with Crippen LogP contribution >= 0.6 is 24.0 Å². The topological polar surface area (TPSA) is 62.8 Å². The molecule has 0 radical (unpaired) electrons. The Bertz CT molecular complexity index is 622. The monoisotopic (exact) mass is 322 g/mol. The van der Waals surface area contributed by atoms with Crippen LogP contribution in [0.3, 0.4) is 0 Å². The molecule has 0 spiro atoms. The summed E-state index contributed by atoms with van der Waals surface area (Å²) in [6, 6.07) is 17.3. The van der Waals surface area contributed by atoms with Crippen molar-refractivity contribution in [3.8, 4) is 0 Å². The SMILES string of the molecule is CN=C(N)N/N=C(\c1ccccc1)c1ccc(Cl)cc1.Cl. The predicted molar refractivity (Wildman–Crippen MR) is 91.5 cm³/mol. The lowest BCUT2D eigenvalue weighted by Crippen LogP contribution is -2.28. The standard InChI is InChI=1S/C15H15ClN4.ClH/c1-18-15(17)20-19-14(11-5-3-2-4-6-11)12-7-9-13(16)10-8-12;/h2-10H,1H3,(H3,17,18,20);1H/b19-14+;. The van der Waals surface area contributed by atoms with Gasteiger partial charge in [-0.1, -0.05) is 54.1 Å². The molecule has 0 aliphatic rings. The molecule has 0 saturated carbocycles. The minimum absolute atomic E-state index is 0. The van der Waals surface area contributed by atoms with E-state index >= 15 is 0 Å². The summed E-state index contributed by atoms with van der Waals surface area (Å²) in [6.45, 7) is 0. The molecule has 0 aliphatic heterocycles. The van der Waals surface area contributed by atoms with Crippen LogP contribution in [-0.2, 0) is 0 Å². The summed E-state index contributed by atoms with van der Waals surface area (Å²) in [7, 11) is 1.60. The molecular formula is C15H16Cl2N4. The van der Waals surface area contributed by atoms with Gasteiger partial charge in [-0.2, -0.15) is 5.10 Å². The molecule has 0 amide bonds. The molecule has 0 aromatic heterocycles. The molecule has 0 bridgehead atoms. The first-order chi connectivity index (χ1) is 9.70. The Morgan fingerprint density at radius 1 is 1.00 bits per heavy atom. The number of benzene rings is 2.